The first-order valence-electron chi connectivity index (χ1n) is 46.5. The fourth-order valence-electron chi connectivity index (χ4n) is 17.4. The van der Waals surface area contributed by atoms with Gasteiger partial charge in [-0.1, -0.05) is 299 Å². The molecule has 5 aliphatic rings. The van der Waals surface area contributed by atoms with Crippen LogP contribution in [-0.2, 0) is 27.2 Å². The number of halogens is 6. The second-order valence-electron chi connectivity index (χ2n) is 35.3. The molecule has 772 valence electrons. The molecule has 5 aliphatic carbocycles. The number of aromatic amines is 1. The number of thioether (sulfide) groups is 2. The van der Waals surface area contributed by atoms with Crippen molar-refractivity contribution in [2.24, 2.45) is 4.99 Å². The number of benzene rings is 15. The first-order valence-corrected chi connectivity index (χ1v) is 52.5. The monoisotopic (exact) mass is 2290 g/mol. The number of H-pyrrole nitrogens is 1. The molecule has 0 saturated heterocycles. The molecule has 15 aromatic carbocycles. The normalized spacial score (nSPS) is 12.9. The summed E-state index contributed by atoms with van der Waals surface area (Å²) in [5, 5.41) is 71.4. The van der Waals surface area contributed by atoms with Crippen molar-refractivity contribution in [3.05, 3.63) is 358 Å². The van der Waals surface area contributed by atoms with Gasteiger partial charge in [-0.15, -0.1) is 37.1 Å². The zero-order valence-corrected chi connectivity index (χ0v) is 87.0. The van der Waals surface area contributed by atoms with Crippen molar-refractivity contribution in [1.29, 1.82) is 0 Å². The highest BCUT2D eigenvalue weighted by Gasteiger charge is 2.32. The van der Waals surface area contributed by atoms with Gasteiger partial charge in [0, 0.05) is 71.1 Å². The molecular weight excluding hydrogens is 2180 g/mol. The molecule has 18 aromatic rings. The molecule has 0 radical (unpaired) electrons. The first kappa shape index (κ1) is 115. The highest BCUT2D eigenvalue weighted by molar-refractivity contribution is 9.10. The minimum Gasteiger partial charge on any atom is -0.478 e. The summed E-state index contributed by atoms with van der Waals surface area (Å²) in [6, 6.07) is 87.8. The number of amides is 1. The molecule has 5 fully saturated rings. The Hall–Kier alpha value is -13.5. The number of hydrogen-bond donors (Lipinski definition) is 9. The number of carbonyl (C=O) groups excluding carboxylic acids is 3. The Morgan fingerprint density at radius 3 is 1.13 bits per heavy atom. The molecule has 3 heterocycles. The van der Waals surface area contributed by atoms with E-state index in [0.29, 0.717) is 60.3 Å². The number of thiocarbonyl (C=S) groups is 1. The minimum atomic E-state index is -1.08. The number of alkyl halides is 1. The summed E-state index contributed by atoms with van der Waals surface area (Å²) in [7, 11) is 0. The van der Waals surface area contributed by atoms with Crippen molar-refractivity contribution in [3.63, 3.8) is 0 Å². The number of rotatable bonds is 24. The second kappa shape index (κ2) is 52.3. The molecule has 23 rings (SSSR count). The fraction of sp³-hybridized carbons (Fsp3) is 0.216. The SMILES string of the molecule is C.C.C.C.C.Nc1ccc(Br)c2ccccc12.Nc1ccc(C2CC2)c2ccccc12.Nc1n[nH]c(=S)n1-c1ccc(C2CC2)c2ccccc12.Nc1nnc(SCC(=O)Cc2ccc(C(=O)O)cc2Cl)n1-c1ccc(C2CC2)c2ccccc12.O=C(CCl)Nc1ccc(C(=O)O)cc1Cl.O=C(CSc1nnc(Br)n1-c1ccc(C2CC2)c2ccccc12)Cc1ccc(C(=O)O)cc1Cl.S=C=Nc1ccc(C2CC2)c2ccccc12. The van der Waals surface area contributed by atoms with E-state index in [4.69, 9.17) is 96.9 Å². The van der Waals surface area contributed by atoms with Gasteiger partial charge in [-0.2, -0.15) is 4.99 Å². The van der Waals surface area contributed by atoms with Crippen LogP contribution >= 0.6 is 126 Å². The van der Waals surface area contributed by atoms with E-state index in [9.17, 15) is 28.8 Å². The summed E-state index contributed by atoms with van der Waals surface area (Å²) in [6.07, 6.45) is 13.0. The van der Waals surface area contributed by atoms with Crippen LogP contribution < -0.4 is 28.3 Å². The van der Waals surface area contributed by atoms with Crippen molar-refractivity contribution in [3.8, 4) is 17.1 Å². The van der Waals surface area contributed by atoms with Crippen LogP contribution in [0.3, 0.4) is 0 Å². The number of isothiocyanates is 1. The highest BCUT2D eigenvalue weighted by atomic mass is 79.9. The van der Waals surface area contributed by atoms with Crippen LogP contribution in [-0.4, -0.2) is 118 Å². The number of Topliss-reactive ketones (excluding diaryl/α,β-unsaturated/α-hetero) is 2. The van der Waals surface area contributed by atoms with E-state index >= 15 is 0 Å². The minimum absolute atomic E-state index is 0. The molecule has 0 atom stereocenters. The van der Waals surface area contributed by atoms with E-state index in [1.165, 1.54) is 201 Å². The highest BCUT2D eigenvalue weighted by Crippen LogP contribution is 2.50. The van der Waals surface area contributed by atoms with Crippen molar-refractivity contribution >= 4 is 266 Å². The molecule has 0 bridgehead atoms. The average molecular weight is 2290 g/mol. The number of carboxylic acids is 3. The number of aromatic nitrogens is 9. The number of nitrogen functional groups attached to an aromatic ring is 4. The molecule has 0 spiro atoms. The van der Waals surface area contributed by atoms with E-state index in [-0.39, 0.29) is 117 Å². The lowest BCUT2D eigenvalue weighted by molar-refractivity contribution is -0.116. The predicted octanol–water partition coefficient (Wildman–Crippen LogP) is 31.3. The number of fused-ring (bicyclic) bond motifs is 6. The molecule has 13 N–H and O–H groups in total. The summed E-state index contributed by atoms with van der Waals surface area (Å²) in [6.45, 7) is 0. The molecular formula is C116H113Br2Cl4N15O9S4. The maximum absolute atomic E-state index is 12.7. The van der Waals surface area contributed by atoms with Gasteiger partial charge in [0.15, 0.2) is 10.3 Å². The number of ketones is 2. The van der Waals surface area contributed by atoms with Gasteiger partial charge in [0.25, 0.3) is 0 Å². The smallest absolute Gasteiger partial charge is 0.335 e. The van der Waals surface area contributed by atoms with Crippen LogP contribution in [0, 0.1) is 4.77 Å². The van der Waals surface area contributed by atoms with Gasteiger partial charge in [-0.3, -0.25) is 28.1 Å². The number of carbonyl (C=O) groups is 6. The number of nitrogens with one attached hydrogen (secondary N) is 2. The lowest BCUT2D eigenvalue weighted by Gasteiger charge is -2.14. The van der Waals surface area contributed by atoms with Crippen LogP contribution in [0.25, 0.3) is 81.7 Å². The van der Waals surface area contributed by atoms with Gasteiger partial charge in [0.2, 0.25) is 27.3 Å². The van der Waals surface area contributed by atoms with Crippen LogP contribution in [0.5, 0.6) is 0 Å². The average Bonchev–Trinajstić information content (AvgIpc) is 1.56. The zero-order chi connectivity index (χ0) is 102. The Morgan fingerprint density at radius 2 is 0.747 bits per heavy atom. The van der Waals surface area contributed by atoms with Gasteiger partial charge >= 0.3 is 17.9 Å². The number of aromatic carboxylic acids is 3. The second-order valence-corrected chi connectivity index (χ2v) is 40.8. The quantitative estimate of drug-likeness (QED) is 0.00892. The van der Waals surface area contributed by atoms with E-state index < -0.39 is 23.8 Å². The van der Waals surface area contributed by atoms with Crippen molar-refractivity contribution < 1.29 is 44.1 Å². The Bertz CT molecular complexity index is 7930. The summed E-state index contributed by atoms with van der Waals surface area (Å²) in [5.41, 5.74) is 38.2. The summed E-state index contributed by atoms with van der Waals surface area (Å²) >= 11 is 42.9. The molecule has 34 heteroatoms. The number of carboxylic acid groups (broad SMARTS) is 3. The first-order chi connectivity index (χ1) is 70.2. The molecule has 150 heavy (non-hydrogen) atoms. The number of nitrogens with two attached hydrogens (primary N) is 4. The fourth-order valence-corrected chi connectivity index (χ4v) is 21.2. The molecule has 24 nitrogen and oxygen atoms in total. The molecule has 1 amide bonds. The van der Waals surface area contributed by atoms with E-state index in [2.05, 4.69) is 236 Å². The maximum atomic E-state index is 12.7. The van der Waals surface area contributed by atoms with Gasteiger partial charge in [-0.05, 0) is 290 Å². The Labute approximate surface area is 925 Å². The largest absolute Gasteiger partial charge is 0.478 e. The third kappa shape index (κ3) is 27.7. The predicted molar refractivity (Wildman–Crippen MR) is 631 cm³/mol. The molecule has 0 aliphatic heterocycles. The molecule has 0 unspecified atom stereocenters. The lowest BCUT2D eigenvalue weighted by Crippen LogP contribution is -2.13. The van der Waals surface area contributed by atoms with Crippen LogP contribution in [0.15, 0.2) is 297 Å². The van der Waals surface area contributed by atoms with Crippen LogP contribution in [0.4, 0.5) is 34.6 Å². The number of nitrogens with zero attached hydrogens (tertiary/aromatic N) is 9. The Balaban J connectivity index is 0.000000160. The van der Waals surface area contributed by atoms with Gasteiger partial charge in [-0.25, -0.2) is 19.5 Å². The Kier molecular flexibility index (Phi) is 40.2. The number of hydrogen-bond acceptors (Lipinski definition) is 20. The summed E-state index contributed by atoms with van der Waals surface area (Å²) < 4.78 is 7.67. The topological polar surface area (TPSA) is 387 Å². The van der Waals surface area contributed by atoms with Crippen LogP contribution in [0.2, 0.25) is 15.1 Å². The summed E-state index contributed by atoms with van der Waals surface area (Å²) in [5.74, 6) is 0.574. The van der Waals surface area contributed by atoms with Gasteiger partial charge < -0.3 is 43.6 Å². The summed E-state index contributed by atoms with van der Waals surface area (Å²) in [4.78, 5) is 73.1. The van der Waals surface area contributed by atoms with E-state index in [1.807, 2.05) is 77.4 Å². The van der Waals surface area contributed by atoms with Crippen molar-refractivity contribution in [2.45, 2.75) is 154 Å². The van der Waals surface area contributed by atoms with Crippen molar-refractivity contribution in [1.82, 2.24) is 44.3 Å². The molecule has 5 saturated carbocycles. The zero-order valence-electron chi connectivity index (χ0n) is 77.5. The maximum Gasteiger partial charge on any atom is 0.335 e. The van der Waals surface area contributed by atoms with Crippen LogP contribution in [0.1, 0.15) is 201 Å². The van der Waals surface area contributed by atoms with Crippen molar-refractivity contribution in [2.75, 3.05) is 45.6 Å². The third-order valence-corrected chi connectivity index (χ3v) is 30.1. The van der Waals surface area contributed by atoms with Gasteiger partial charge in [0.1, 0.15) is 17.4 Å². The number of anilines is 5. The van der Waals surface area contributed by atoms with E-state index in [0.717, 1.165) is 72.0 Å². The van der Waals surface area contributed by atoms with Gasteiger partial charge in [0.05, 0.1) is 66.8 Å². The Morgan fingerprint density at radius 1 is 0.407 bits per heavy atom. The third-order valence-electron chi connectivity index (χ3n) is 25.3. The van der Waals surface area contributed by atoms with E-state index in [1.54, 1.807) is 21.3 Å². The standard InChI is InChI=1S/C25H19BrClN3O3S.C25H21ClN4O3S.C15H14N4S.C14H11NS.C13H13N.C10H8BrN.C9H7Cl2NO3.5CH4/c26-24-28-29-25(34-13-17(31)11-15-7-8-16(23(32)33)12-21(15)27)30(24)22-10-9-18(14-5-6-14)19-3-1-2-4-20(19)22;26-21-12-16(23(32)33)8-7-15(21)11-17(31)13-34-25-29-28-24(27)30(25)22-10-9-18(14-5-6-14)19-3-1-2-4-20(19)22;16-14-17-18-15(20)19(14)13-8-7-10(9-5-6-9)11-3-1-2-4-12(11)13;16-9-15-14-8-7-11(10-5-6-10)12-3-1-2-4-13(12)14;14-13-8-7-10(9-5-6-9)11-3-1-2-4-12(11)13;11-9-5-6-10(12)8-4-2-1-3-7(8)9;10-4-8(13)12-7-2-1-5(9(14)15)3-6(7)11;;;;;/h1-4,7-10,12,14H,5-6,11,13H2,(H,32,33);1-4,7-10,12,14H,5-6,11,13H2,(H2,27,28)(H,32,33);1-4,7-9H,5-6H2,(H2,16,17)(H,18,20);1-4,7-8,10H,5-6H2;1-4,7-9H,5-6,14H2;1-6H,12H2;1-3H,4H2,(H,12,13)(H,14,15);5*1H4. The number of aliphatic imine (C=N–C) groups is 1. The lowest BCUT2D eigenvalue weighted by atomic mass is 9.99. The molecule has 3 aromatic heterocycles.